The van der Waals surface area contributed by atoms with Crippen molar-refractivity contribution in [2.24, 2.45) is 0 Å². The molecule has 2 aromatic rings. The summed E-state index contributed by atoms with van der Waals surface area (Å²) in [7, 11) is 0. The Bertz CT molecular complexity index is 247. The number of rotatable bonds is 0. The minimum Gasteiger partial charge on any atom is -0.545 e. The predicted molar refractivity (Wildman–Crippen MR) is 65.4 cm³/mol. The van der Waals surface area contributed by atoms with E-state index in [1.54, 1.807) is 0 Å². The molecule has 0 aliphatic rings. The van der Waals surface area contributed by atoms with Gasteiger partial charge < -0.3 is 9.59 Å². The van der Waals surface area contributed by atoms with Crippen LogP contribution in [0.25, 0.3) is 0 Å². The van der Waals surface area contributed by atoms with E-state index in [1.165, 1.54) is 0 Å². The van der Waals surface area contributed by atoms with Gasteiger partial charge in [-0.05, 0) is 0 Å². The average Bonchev–Trinajstić information content (AvgIpc) is 3.25. The SMILES string of the molecule is [C-]#[O+].[C-]#[O+].[CH-]=O.[CH-]=O.[Fe+5].[Fe].c1cc[cH-]c1.c1cc[cH-]c1. The van der Waals surface area contributed by atoms with Crippen LogP contribution in [0.5, 0.6) is 0 Å². The van der Waals surface area contributed by atoms with Crippen LogP contribution in [0.15, 0.2) is 60.7 Å². The topological polar surface area (TPSA) is 73.9 Å². The summed E-state index contributed by atoms with van der Waals surface area (Å²) in [5.41, 5.74) is 0. The van der Waals surface area contributed by atoms with Crippen molar-refractivity contribution in [3.05, 3.63) is 74.0 Å². The van der Waals surface area contributed by atoms with Gasteiger partial charge in [0, 0.05) is 17.1 Å². The summed E-state index contributed by atoms with van der Waals surface area (Å²) in [5, 5.41) is 0. The van der Waals surface area contributed by atoms with Crippen molar-refractivity contribution in [3.63, 3.8) is 0 Å². The molecular weight excluding hydrogens is 344 g/mol. The first kappa shape index (κ1) is 36.3. The average molecular weight is 356 g/mol. The molecule has 0 spiro atoms. The van der Waals surface area contributed by atoms with E-state index in [1.807, 2.05) is 60.7 Å². The van der Waals surface area contributed by atoms with E-state index in [0.717, 1.165) is 0 Å². The van der Waals surface area contributed by atoms with Crippen molar-refractivity contribution in [3.8, 4) is 0 Å². The first-order valence-electron chi connectivity index (χ1n) is 4.21. The first-order chi connectivity index (χ1) is 9.00. The Kier molecular flexibility index (Phi) is 119. The van der Waals surface area contributed by atoms with Gasteiger partial charge in [0.15, 0.2) is 0 Å². The Morgan fingerprint density at radius 2 is 0.800 bits per heavy atom. The van der Waals surface area contributed by atoms with Gasteiger partial charge in [0.05, 0.1) is 0 Å². The van der Waals surface area contributed by atoms with Crippen molar-refractivity contribution in [2.75, 3.05) is 0 Å². The van der Waals surface area contributed by atoms with Crippen LogP contribution in [0.3, 0.4) is 0 Å². The molecule has 1 radical (unpaired) electrons. The third-order valence-corrected chi connectivity index (χ3v) is 1.11. The number of carbonyl (C=O) groups excluding carboxylic acids is 2. The van der Waals surface area contributed by atoms with Crippen molar-refractivity contribution in [1.29, 1.82) is 0 Å². The van der Waals surface area contributed by atoms with Gasteiger partial charge in [-0.3, -0.25) is 13.6 Å². The molecule has 0 bridgehead atoms. The summed E-state index contributed by atoms with van der Waals surface area (Å²) < 4.78 is 15.0. The predicted octanol–water partition coefficient (Wildman–Crippen LogP) is 2.18. The molecule has 0 amide bonds. The minimum absolute atomic E-state index is 0. The normalized spacial score (nSPS) is 4.60. The molecule has 20 heavy (non-hydrogen) atoms. The van der Waals surface area contributed by atoms with E-state index in [2.05, 4.69) is 26.9 Å². The van der Waals surface area contributed by atoms with E-state index in [0.29, 0.717) is 0 Å². The summed E-state index contributed by atoms with van der Waals surface area (Å²) in [6.07, 6.45) is 0. The molecule has 0 N–H and O–H groups in total. The number of hydrogen-bond donors (Lipinski definition) is 0. The van der Waals surface area contributed by atoms with E-state index in [-0.39, 0.29) is 34.1 Å². The molecule has 2 aromatic carbocycles. The maximum atomic E-state index is 7.75. The molecule has 6 heteroatoms. The minimum atomic E-state index is 0. The molecule has 2 rings (SSSR count). The molecule has 0 atom stereocenters. The largest absolute Gasteiger partial charge is 5.00 e. The van der Waals surface area contributed by atoms with Crippen molar-refractivity contribution >= 4 is 13.6 Å². The summed E-state index contributed by atoms with van der Waals surface area (Å²) in [6.45, 7) is 15.5. The van der Waals surface area contributed by atoms with E-state index in [9.17, 15) is 0 Å². The summed E-state index contributed by atoms with van der Waals surface area (Å²) in [5.74, 6) is 0. The maximum Gasteiger partial charge on any atom is 5.00 e. The summed E-state index contributed by atoms with van der Waals surface area (Å²) in [4.78, 5) is 15.5. The first-order valence-corrected chi connectivity index (χ1v) is 4.21. The molecule has 107 valence electrons. The van der Waals surface area contributed by atoms with Gasteiger partial charge in [-0.25, -0.2) is 24.3 Å². The molecule has 0 aliphatic heterocycles. The van der Waals surface area contributed by atoms with Gasteiger partial charge in [0.25, 0.3) is 0 Å². The third kappa shape index (κ3) is 54.7. The van der Waals surface area contributed by atoms with Crippen LogP contribution in [-0.4, -0.2) is 13.6 Å². The Morgan fingerprint density at radius 1 is 0.650 bits per heavy atom. The van der Waals surface area contributed by atoms with Crippen molar-refractivity contribution in [2.45, 2.75) is 0 Å². The van der Waals surface area contributed by atoms with Gasteiger partial charge >= 0.3 is 39.7 Å². The van der Waals surface area contributed by atoms with Gasteiger partial charge in [0.2, 0.25) is 0 Å². The van der Waals surface area contributed by atoms with Crippen molar-refractivity contribution < 1.29 is 53.0 Å². The van der Waals surface area contributed by atoms with E-state index < -0.39 is 0 Å². The molecule has 0 saturated carbocycles. The third-order valence-electron chi connectivity index (χ3n) is 1.11. The van der Waals surface area contributed by atoms with Crippen LogP contribution < -0.4 is 0 Å². The van der Waals surface area contributed by atoms with Gasteiger partial charge in [-0.15, -0.1) is 0 Å². The fourth-order valence-corrected chi connectivity index (χ4v) is 0.642. The second-order valence-corrected chi connectivity index (χ2v) is 1.92. The zero-order chi connectivity index (χ0) is 15.1. The van der Waals surface area contributed by atoms with Gasteiger partial charge in [-0.1, -0.05) is 0 Å². The molecule has 0 aromatic heterocycles. The molecule has 0 fully saturated rings. The zero-order valence-electron chi connectivity index (χ0n) is 10.3. The fourth-order valence-electron chi connectivity index (χ4n) is 0.642. The second kappa shape index (κ2) is 65.7. The fraction of sp³-hybridized carbons (Fsp3) is 0. The smallest absolute Gasteiger partial charge is 0.545 e. The molecule has 0 heterocycles. The zero-order valence-corrected chi connectivity index (χ0v) is 12.5. The van der Waals surface area contributed by atoms with E-state index >= 15 is 0 Å². The van der Waals surface area contributed by atoms with Gasteiger partial charge in [0.1, 0.15) is 0 Å². The quantitative estimate of drug-likeness (QED) is 0.314. The Balaban J connectivity index is -0.0000000311. The molecule has 0 aliphatic carbocycles. The number of hydrogen-bond acceptors (Lipinski definition) is 2. The Hall–Kier alpha value is -1.44. The molecule has 4 nitrogen and oxygen atoms in total. The standard InChI is InChI=1S/2C5H5.2CHO.2CO.2Fe/c2*1-2-4-5-3-1;4*1-2;;/h2*1-5H;2*1H;;;;/q4*-1;;;;+5. The Morgan fingerprint density at radius 3 is 0.850 bits per heavy atom. The van der Waals surface area contributed by atoms with Crippen LogP contribution in [0.1, 0.15) is 0 Å². The van der Waals surface area contributed by atoms with Crippen LogP contribution in [0, 0.1) is 13.3 Å². The Labute approximate surface area is 140 Å². The van der Waals surface area contributed by atoms with Crippen LogP contribution in [0.4, 0.5) is 0 Å². The maximum absolute atomic E-state index is 7.75. The molecule has 0 saturated heterocycles. The van der Waals surface area contributed by atoms with E-state index in [4.69, 9.17) is 18.9 Å². The molecular formula is C14H12Fe2O4+. The summed E-state index contributed by atoms with van der Waals surface area (Å²) in [6, 6.07) is 20.0. The van der Waals surface area contributed by atoms with Crippen LogP contribution >= 0.6 is 0 Å². The van der Waals surface area contributed by atoms with Crippen molar-refractivity contribution in [1.82, 2.24) is 0 Å². The monoisotopic (exact) mass is 356 g/mol. The molecule has 0 unspecified atom stereocenters. The van der Waals surface area contributed by atoms with Crippen LogP contribution in [0.2, 0.25) is 0 Å². The van der Waals surface area contributed by atoms with Gasteiger partial charge in [-0.2, -0.15) is 36.4 Å². The van der Waals surface area contributed by atoms with Crippen LogP contribution in [-0.2, 0) is 53.0 Å². The second-order valence-electron chi connectivity index (χ2n) is 1.92. The summed E-state index contributed by atoms with van der Waals surface area (Å²) >= 11 is 0.